The van der Waals surface area contributed by atoms with E-state index in [1.54, 1.807) is 11.9 Å². The van der Waals surface area contributed by atoms with Crippen LogP contribution in [0.15, 0.2) is 40.8 Å². The molecule has 5 rings (SSSR count). The van der Waals surface area contributed by atoms with E-state index in [-0.39, 0.29) is 18.4 Å². The minimum absolute atomic E-state index is 0.0196. The van der Waals surface area contributed by atoms with Crippen LogP contribution in [0.3, 0.4) is 0 Å². The fourth-order valence-electron chi connectivity index (χ4n) is 4.31. The third-order valence-corrected chi connectivity index (χ3v) is 5.48. The number of nitrogens with zero attached hydrogens (tertiary/aromatic N) is 2. The maximum absolute atomic E-state index is 12.9. The number of likely N-dealkylation sites (N-methyl/N-ethyl adjacent to an activating group) is 1. The smallest absolute Gasteiger partial charge is 0.245 e. The maximum Gasteiger partial charge on any atom is 0.245 e. The number of carbonyl (C=O) groups is 2. The van der Waals surface area contributed by atoms with E-state index in [2.05, 4.69) is 11.1 Å². The van der Waals surface area contributed by atoms with Gasteiger partial charge in [-0.1, -0.05) is 18.2 Å². The van der Waals surface area contributed by atoms with E-state index < -0.39 is 12.1 Å². The molecule has 132 valence electrons. The summed E-state index contributed by atoms with van der Waals surface area (Å²) in [4.78, 5) is 32.4. The lowest BCUT2D eigenvalue weighted by Gasteiger charge is -2.45. The monoisotopic (exact) mass is 349 g/mol. The van der Waals surface area contributed by atoms with Gasteiger partial charge < -0.3 is 19.2 Å². The number of furan rings is 1. The van der Waals surface area contributed by atoms with Crippen molar-refractivity contribution in [2.24, 2.45) is 0 Å². The van der Waals surface area contributed by atoms with Gasteiger partial charge in [0, 0.05) is 24.4 Å². The van der Waals surface area contributed by atoms with Crippen LogP contribution < -0.4 is 0 Å². The molecule has 6 heteroatoms. The Bertz CT molecular complexity index is 1050. The molecule has 3 aromatic rings. The molecule has 0 radical (unpaired) electrons. The lowest BCUT2D eigenvalue weighted by Crippen LogP contribution is -2.62. The average molecular weight is 349 g/mol. The van der Waals surface area contributed by atoms with Crippen LogP contribution in [0.25, 0.3) is 10.9 Å². The van der Waals surface area contributed by atoms with Crippen molar-refractivity contribution in [2.45, 2.75) is 25.4 Å². The van der Waals surface area contributed by atoms with E-state index in [4.69, 9.17) is 4.42 Å². The van der Waals surface area contributed by atoms with Gasteiger partial charge in [-0.05, 0) is 30.7 Å². The number of para-hydroxylation sites is 1. The quantitative estimate of drug-likeness (QED) is 0.733. The molecule has 0 spiro atoms. The first-order chi connectivity index (χ1) is 12.5. The van der Waals surface area contributed by atoms with E-state index >= 15 is 0 Å². The number of benzene rings is 1. The first-order valence-electron chi connectivity index (χ1n) is 8.76. The molecule has 0 bridgehead atoms. The number of piperazine rings is 1. The van der Waals surface area contributed by atoms with Crippen LogP contribution >= 0.6 is 0 Å². The SMILES string of the molecule is Cc1ccc([C@H]2c3[nH]c4ccccc4c3C[C@@H]3C(=O)N(C)CC(=O)N23)o1. The van der Waals surface area contributed by atoms with Crippen molar-refractivity contribution in [1.29, 1.82) is 0 Å². The Labute approximate surface area is 150 Å². The minimum Gasteiger partial charge on any atom is -0.464 e. The molecule has 26 heavy (non-hydrogen) atoms. The Balaban J connectivity index is 1.77. The van der Waals surface area contributed by atoms with Crippen LogP contribution in [-0.4, -0.2) is 46.2 Å². The van der Waals surface area contributed by atoms with Crippen molar-refractivity contribution >= 4 is 22.7 Å². The van der Waals surface area contributed by atoms with E-state index in [1.807, 2.05) is 37.3 Å². The molecule has 1 fully saturated rings. The summed E-state index contributed by atoms with van der Waals surface area (Å²) in [6.07, 6.45) is 0.518. The number of H-pyrrole nitrogens is 1. The van der Waals surface area contributed by atoms with Crippen LogP contribution in [0.4, 0.5) is 0 Å². The van der Waals surface area contributed by atoms with E-state index in [9.17, 15) is 9.59 Å². The average Bonchev–Trinajstić information content (AvgIpc) is 3.21. The Morgan fingerprint density at radius 1 is 1.15 bits per heavy atom. The van der Waals surface area contributed by atoms with Gasteiger partial charge >= 0.3 is 0 Å². The lowest BCUT2D eigenvalue weighted by atomic mass is 9.88. The number of hydrogen-bond donors (Lipinski definition) is 1. The van der Waals surface area contributed by atoms with E-state index in [0.29, 0.717) is 12.2 Å². The van der Waals surface area contributed by atoms with Crippen LogP contribution in [0.2, 0.25) is 0 Å². The molecule has 2 amide bonds. The van der Waals surface area contributed by atoms with Gasteiger partial charge in [0.05, 0.1) is 12.2 Å². The predicted octanol–water partition coefficient (Wildman–Crippen LogP) is 2.38. The number of aryl methyl sites for hydroxylation is 1. The molecule has 0 unspecified atom stereocenters. The highest BCUT2D eigenvalue weighted by atomic mass is 16.3. The Kier molecular flexibility index (Phi) is 3.07. The van der Waals surface area contributed by atoms with Crippen molar-refractivity contribution in [3.63, 3.8) is 0 Å². The van der Waals surface area contributed by atoms with Crippen molar-refractivity contribution in [1.82, 2.24) is 14.8 Å². The second kappa shape index (κ2) is 5.24. The van der Waals surface area contributed by atoms with E-state index in [0.717, 1.165) is 27.9 Å². The number of amides is 2. The van der Waals surface area contributed by atoms with Crippen LogP contribution in [0.1, 0.15) is 28.8 Å². The summed E-state index contributed by atoms with van der Waals surface area (Å²) in [5, 5.41) is 1.10. The molecule has 2 aromatic heterocycles. The van der Waals surface area contributed by atoms with Crippen molar-refractivity contribution in [3.8, 4) is 0 Å². The highest BCUT2D eigenvalue weighted by Gasteiger charge is 2.48. The lowest BCUT2D eigenvalue weighted by molar-refractivity contribution is -0.157. The highest BCUT2D eigenvalue weighted by molar-refractivity contribution is 5.97. The number of nitrogens with one attached hydrogen (secondary N) is 1. The number of aromatic amines is 1. The molecule has 0 saturated carbocycles. The van der Waals surface area contributed by atoms with Gasteiger partial charge in [-0.15, -0.1) is 0 Å². The highest BCUT2D eigenvalue weighted by Crippen LogP contribution is 2.42. The zero-order valence-corrected chi connectivity index (χ0v) is 14.7. The number of hydrogen-bond acceptors (Lipinski definition) is 3. The first-order valence-corrected chi connectivity index (χ1v) is 8.76. The van der Waals surface area contributed by atoms with Crippen molar-refractivity contribution < 1.29 is 14.0 Å². The molecule has 2 aliphatic rings. The number of fused-ring (bicyclic) bond motifs is 4. The molecule has 1 aromatic carbocycles. The molecule has 1 N–H and O–H groups in total. The second-order valence-corrected chi connectivity index (χ2v) is 7.13. The summed E-state index contributed by atoms with van der Waals surface area (Å²) < 4.78 is 5.90. The molecule has 1 saturated heterocycles. The van der Waals surface area contributed by atoms with E-state index in [1.165, 1.54) is 4.90 Å². The Hall–Kier alpha value is -3.02. The Morgan fingerprint density at radius 3 is 2.73 bits per heavy atom. The number of rotatable bonds is 1. The molecule has 2 aliphatic heterocycles. The summed E-state index contributed by atoms with van der Waals surface area (Å²) in [5.74, 6) is 1.40. The fourth-order valence-corrected chi connectivity index (χ4v) is 4.31. The summed E-state index contributed by atoms with van der Waals surface area (Å²) in [6, 6.07) is 10.9. The number of aromatic nitrogens is 1. The topological polar surface area (TPSA) is 69.6 Å². The fraction of sp³-hybridized carbons (Fsp3) is 0.300. The predicted molar refractivity (Wildman–Crippen MR) is 95.6 cm³/mol. The molecular formula is C20H19N3O3. The van der Waals surface area contributed by atoms with Gasteiger partial charge in [0.1, 0.15) is 23.6 Å². The van der Waals surface area contributed by atoms with Crippen LogP contribution in [0, 0.1) is 6.92 Å². The van der Waals surface area contributed by atoms with Gasteiger partial charge in [0.25, 0.3) is 0 Å². The van der Waals surface area contributed by atoms with Crippen molar-refractivity contribution in [2.75, 3.05) is 13.6 Å². The van der Waals surface area contributed by atoms with Crippen molar-refractivity contribution in [3.05, 3.63) is 59.2 Å². The summed E-state index contributed by atoms with van der Waals surface area (Å²) in [7, 11) is 1.69. The van der Waals surface area contributed by atoms with Gasteiger partial charge in [0.2, 0.25) is 11.8 Å². The molecule has 2 atom stereocenters. The Morgan fingerprint density at radius 2 is 1.96 bits per heavy atom. The molecule has 6 nitrogen and oxygen atoms in total. The largest absolute Gasteiger partial charge is 0.464 e. The minimum atomic E-state index is -0.497. The van der Waals surface area contributed by atoms with Crippen LogP contribution in [0.5, 0.6) is 0 Å². The van der Waals surface area contributed by atoms with Gasteiger partial charge in [-0.2, -0.15) is 0 Å². The molecule has 4 heterocycles. The number of carbonyl (C=O) groups excluding carboxylic acids is 2. The third kappa shape index (κ3) is 1.98. The summed E-state index contributed by atoms with van der Waals surface area (Å²) >= 11 is 0. The molecule has 0 aliphatic carbocycles. The summed E-state index contributed by atoms with van der Waals surface area (Å²) in [5.41, 5.74) is 3.05. The zero-order valence-electron chi connectivity index (χ0n) is 14.7. The summed E-state index contributed by atoms with van der Waals surface area (Å²) in [6.45, 7) is 1.98. The maximum atomic E-state index is 12.9. The zero-order chi connectivity index (χ0) is 18.0. The van der Waals surface area contributed by atoms with Gasteiger partial charge in [-0.3, -0.25) is 9.59 Å². The standard InChI is InChI=1S/C20H19N3O3/c1-11-7-8-16(26-11)19-18-13(12-5-3-4-6-14(12)21-18)9-15-20(25)22(2)10-17(24)23(15)19/h3-8,15,19,21H,9-10H2,1-2H3/t15-,19+/m1/s1. The second-order valence-electron chi connectivity index (χ2n) is 7.13. The third-order valence-electron chi connectivity index (χ3n) is 5.48. The van der Waals surface area contributed by atoms with Gasteiger partial charge in [-0.25, -0.2) is 0 Å². The molecular weight excluding hydrogens is 330 g/mol. The van der Waals surface area contributed by atoms with Crippen LogP contribution in [-0.2, 0) is 16.0 Å². The van der Waals surface area contributed by atoms with Gasteiger partial charge in [0.15, 0.2) is 0 Å². The first kappa shape index (κ1) is 15.3. The normalized spacial score (nSPS) is 22.7.